The average molecular weight is 240 g/mol. The third kappa shape index (κ3) is 3.75. The summed E-state index contributed by atoms with van der Waals surface area (Å²) in [6.45, 7) is 2.20. The van der Waals surface area contributed by atoms with Gasteiger partial charge in [-0.1, -0.05) is 30.3 Å². The normalized spacial score (nSPS) is 21.9. The fourth-order valence-electron chi connectivity index (χ4n) is 2.31. The molecule has 0 bridgehead atoms. The molecule has 17 heavy (non-hydrogen) atoms. The minimum absolute atomic E-state index is 0.112. The minimum Gasteiger partial charge on any atom is -0.314 e. The lowest BCUT2D eigenvalue weighted by atomic mass is 10.0. The first-order valence-corrected chi connectivity index (χ1v) is 6.02. The van der Waals surface area contributed by atoms with Gasteiger partial charge in [0.25, 0.3) is 6.43 Å². The molecule has 0 saturated carbocycles. The topological polar surface area (TPSA) is 15.3 Å². The van der Waals surface area contributed by atoms with Crippen LogP contribution in [0.4, 0.5) is 8.78 Å². The Balaban J connectivity index is 1.96. The smallest absolute Gasteiger partial charge is 0.251 e. The summed E-state index contributed by atoms with van der Waals surface area (Å²) >= 11 is 0. The molecule has 4 heteroatoms. The summed E-state index contributed by atoms with van der Waals surface area (Å²) < 4.78 is 24.9. The molecule has 0 aliphatic carbocycles. The molecule has 1 aliphatic heterocycles. The molecule has 1 saturated heterocycles. The van der Waals surface area contributed by atoms with E-state index in [-0.39, 0.29) is 12.6 Å². The fraction of sp³-hybridized carbons (Fsp3) is 0.538. The van der Waals surface area contributed by atoms with E-state index in [2.05, 4.69) is 17.4 Å². The Kier molecular flexibility index (Phi) is 4.45. The molecular formula is C13H18F2N2. The van der Waals surface area contributed by atoms with E-state index in [4.69, 9.17) is 0 Å². The summed E-state index contributed by atoms with van der Waals surface area (Å²) in [7, 11) is 0. The monoisotopic (exact) mass is 240 g/mol. The molecule has 1 heterocycles. The van der Waals surface area contributed by atoms with Crippen molar-refractivity contribution >= 4 is 0 Å². The number of piperazine rings is 1. The average Bonchev–Trinajstić information content (AvgIpc) is 2.32. The Labute approximate surface area is 101 Å². The molecule has 1 N–H and O–H groups in total. The minimum atomic E-state index is -2.24. The molecule has 1 aliphatic rings. The van der Waals surface area contributed by atoms with Gasteiger partial charge in [0, 0.05) is 25.7 Å². The number of benzene rings is 1. The summed E-state index contributed by atoms with van der Waals surface area (Å²) in [6.07, 6.45) is -1.41. The van der Waals surface area contributed by atoms with Crippen molar-refractivity contribution in [3.8, 4) is 0 Å². The largest absolute Gasteiger partial charge is 0.314 e. The maximum atomic E-state index is 12.5. The molecule has 2 nitrogen and oxygen atoms in total. The Morgan fingerprint density at radius 3 is 2.76 bits per heavy atom. The highest BCUT2D eigenvalue weighted by molar-refractivity contribution is 5.16. The number of halogens is 2. The molecule has 0 amide bonds. The number of nitrogens with zero attached hydrogens (tertiary/aromatic N) is 1. The molecule has 1 atom stereocenters. The van der Waals surface area contributed by atoms with Crippen LogP contribution in [0.5, 0.6) is 0 Å². The quantitative estimate of drug-likeness (QED) is 0.863. The van der Waals surface area contributed by atoms with Crippen LogP contribution in [-0.4, -0.2) is 43.5 Å². The van der Waals surface area contributed by atoms with E-state index in [9.17, 15) is 8.78 Å². The number of nitrogens with one attached hydrogen (secondary N) is 1. The van der Waals surface area contributed by atoms with E-state index < -0.39 is 6.43 Å². The van der Waals surface area contributed by atoms with Gasteiger partial charge in [-0.3, -0.25) is 4.90 Å². The van der Waals surface area contributed by atoms with Crippen molar-refractivity contribution in [1.29, 1.82) is 0 Å². The van der Waals surface area contributed by atoms with Gasteiger partial charge in [0.15, 0.2) is 0 Å². The predicted molar refractivity (Wildman–Crippen MR) is 64.4 cm³/mol. The van der Waals surface area contributed by atoms with Crippen molar-refractivity contribution in [3.63, 3.8) is 0 Å². The van der Waals surface area contributed by atoms with Crippen LogP contribution in [0.3, 0.4) is 0 Å². The molecule has 1 unspecified atom stereocenters. The number of alkyl halides is 2. The Morgan fingerprint density at radius 2 is 2.06 bits per heavy atom. The highest BCUT2D eigenvalue weighted by Gasteiger charge is 2.24. The third-order valence-electron chi connectivity index (χ3n) is 3.16. The highest BCUT2D eigenvalue weighted by Crippen LogP contribution is 2.12. The first-order valence-electron chi connectivity index (χ1n) is 6.02. The van der Waals surface area contributed by atoms with Gasteiger partial charge in [-0.15, -0.1) is 0 Å². The second-order valence-electron chi connectivity index (χ2n) is 4.43. The van der Waals surface area contributed by atoms with Gasteiger partial charge in [0.1, 0.15) is 0 Å². The summed E-state index contributed by atoms with van der Waals surface area (Å²) in [5, 5.41) is 3.27. The third-order valence-corrected chi connectivity index (χ3v) is 3.16. The molecule has 1 aromatic rings. The summed E-state index contributed by atoms with van der Waals surface area (Å²) in [6, 6.07) is 10.2. The Bertz CT molecular complexity index is 329. The number of hydrogen-bond acceptors (Lipinski definition) is 2. The van der Waals surface area contributed by atoms with Crippen LogP contribution in [0, 0.1) is 0 Å². The molecule has 0 radical (unpaired) electrons. The number of hydrogen-bond donors (Lipinski definition) is 1. The second kappa shape index (κ2) is 6.07. The summed E-state index contributed by atoms with van der Waals surface area (Å²) in [4.78, 5) is 1.90. The fourth-order valence-corrected chi connectivity index (χ4v) is 2.31. The molecule has 1 aromatic carbocycles. The SMILES string of the molecule is FC(F)CN1CCNCC1Cc1ccccc1. The second-order valence-corrected chi connectivity index (χ2v) is 4.43. The zero-order chi connectivity index (χ0) is 12.1. The predicted octanol–water partition coefficient (Wildman–Crippen LogP) is 1.77. The van der Waals surface area contributed by atoms with Crippen LogP contribution in [0.15, 0.2) is 30.3 Å². The van der Waals surface area contributed by atoms with Crippen LogP contribution in [-0.2, 0) is 6.42 Å². The van der Waals surface area contributed by atoms with Crippen molar-refractivity contribution in [2.24, 2.45) is 0 Å². The lowest BCUT2D eigenvalue weighted by Gasteiger charge is -2.36. The Hall–Kier alpha value is -1.00. The van der Waals surface area contributed by atoms with Crippen molar-refractivity contribution in [1.82, 2.24) is 10.2 Å². The van der Waals surface area contributed by atoms with Gasteiger partial charge in [-0.2, -0.15) is 0 Å². The van der Waals surface area contributed by atoms with E-state index in [1.165, 1.54) is 5.56 Å². The van der Waals surface area contributed by atoms with Gasteiger partial charge in [0.2, 0.25) is 0 Å². The van der Waals surface area contributed by atoms with Crippen molar-refractivity contribution in [3.05, 3.63) is 35.9 Å². The van der Waals surface area contributed by atoms with E-state index in [1.54, 1.807) is 0 Å². The zero-order valence-corrected chi connectivity index (χ0v) is 9.78. The van der Waals surface area contributed by atoms with Gasteiger partial charge in [-0.25, -0.2) is 8.78 Å². The lowest BCUT2D eigenvalue weighted by molar-refractivity contribution is 0.0548. The van der Waals surface area contributed by atoms with Crippen LogP contribution in [0.1, 0.15) is 5.56 Å². The number of rotatable bonds is 4. The van der Waals surface area contributed by atoms with E-state index in [0.717, 1.165) is 19.5 Å². The van der Waals surface area contributed by atoms with Crippen LogP contribution >= 0.6 is 0 Å². The van der Waals surface area contributed by atoms with Gasteiger partial charge < -0.3 is 5.32 Å². The first kappa shape index (κ1) is 12.5. The maximum absolute atomic E-state index is 12.5. The van der Waals surface area contributed by atoms with E-state index >= 15 is 0 Å². The van der Waals surface area contributed by atoms with Crippen LogP contribution in [0.25, 0.3) is 0 Å². The van der Waals surface area contributed by atoms with E-state index in [1.807, 2.05) is 23.1 Å². The molecule has 0 spiro atoms. The van der Waals surface area contributed by atoms with Gasteiger partial charge in [-0.05, 0) is 12.0 Å². The standard InChI is InChI=1S/C13H18F2N2/c14-13(15)10-17-7-6-16-9-12(17)8-11-4-2-1-3-5-11/h1-5,12-13,16H,6-10H2. The lowest BCUT2D eigenvalue weighted by Crippen LogP contribution is -2.53. The highest BCUT2D eigenvalue weighted by atomic mass is 19.3. The molecule has 2 rings (SSSR count). The molecule has 94 valence electrons. The van der Waals surface area contributed by atoms with Crippen molar-refractivity contribution < 1.29 is 8.78 Å². The summed E-state index contributed by atoms with van der Waals surface area (Å²) in [5.41, 5.74) is 1.21. The van der Waals surface area contributed by atoms with Crippen LogP contribution in [0.2, 0.25) is 0 Å². The first-order chi connectivity index (χ1) is 8.25. The molecule has 1 fully saturated rings. The maximum Gasteiger partial charge on any atom is 0.251 e. The summed E-state index contributed by atoms with van der Waals surface area (Å²) in [5.74, 6) is 0. The van der Waals surface area contributed by atoms with Gasteiger partial charge in [0.05, 0.1) is 6.54 Å². The molecule has 0 aromatic heterocycles. The van der Waals surface area contributed by atoms with Gasteiger partial charge >= 0.3 is 0 Å². The Morgan fingerprint density at radius 1 is 1.29 bits per heavy atom. The van der Waals surface area contributed by atoms with Crippen molar-refractivity contribution in [2.45, 2.75) is 18.9 Å². The molecular weight excluding hydrogens is 222 g/mol. The zero-order valence-electron chi connectivity index (χ0n) is 9.78. The van der Waals surface area contributed by atoms with E-state index in [0.29, 0.717) is 6.54 Å². The van der Waals surface area contributed by atoms with Crippen molar-refractivity contribution in [2.75, 3.05) is 26.2 Å². The van der Waals surface area contributed by atoms with Crippen LogP contribution < -0.4 is 5.32 Å².